The summed E-state index contributed by atoms with van der Waals surface area (Å²) in [7, 11) is 0. The summed E-state index contributed by atoms with van der Waals surface area (Å²) in [4.78, 5) is 24.8. The van der Waals surface area contributed by atoms with Gasteiger partial charge >= 0.3 is 5.97 Å². The normalized spacial score (nSPS) is 19.6. The van der Waals surface area contributed by atoms with Gasteiger partial charge in [0.05, 0.1) is 6.54 Å². The van der Waals surface area contributed by atoms with Crippen LogP contribution < -0.4 is 10.6 Å². The van der Waals surface area contributed by atoms with Crippen molar-refractivity contribution < 1.29 is 14.7 Å². The highest BCUT2D eigenvalue weighted by Crippen LogP contribution is 2.15. The van der Waals surface area contributed by atoms with Crippen molar-refractivity contribution in [3.05, 3.63) is 28.7 Å². The molecule has 0 spiro atoms. The average Bonchev–Trinajstić information content (AvgIpc) is 2.38. The molecule has 1 aromatic rings. The quantitative estimate of drug-likeness (QED) is 0.752. The van der Waals surface area contributed by atoms with Gasteiger partial charge in [0.25, 0.3) is 0 Å². The van der Waals surface area contributed by atoms with Crippen LogP contribution in [0.4, 0.5) is 5.69 Å². The lowest BCUT2D eigenvalue weighted by Crippen LogP contribution is -2.56. The molecule has 0 saturated carbocycles. The molecule has 1 aromatic carbocycles. The second-order valence-electron chi connectivity index (χ2n) is 4.59. The molecule has 6 nitrogen and oxygen atoms in total. The lowest BCUT2D eigenvalue weighted by molar-refractivity contribution is -0.144. The number of piperazine rings is 1. The number of hydrogen-bond acceptors (Lipinski definition) is 4. The fourth-order valence-electron chi connectivity index (χ4n) is 2.13. The first kappa shape index (κ1) is 15.0. The van der Waals surface area contributed by atoms with Crippen LogP contribution in [0.25, 0.3) is 0 Å². The van der Waals surface area contributed by atoms with Crippen molar-refractivity contribution >= 4 is 33.5 Å². The monoisotopic (exact) mass is 341 g/mol. The molecule has 1 fully saturated rings. The van der Waals surface area contributed by atoms with Crippen molar-refractivity contribution in [2.24, 2.45) is 0 Å². The molecule has 1 aliphatic rings. The Labute approximate surface area is 125 Å². The average molecular weight is 342 g/mol. The lowest BCUT2D eigenvalue weighted by Gasteiger charge is -2.32. The number of hydrogen-bond donors (Lipinski definition) is 3. The van der Waals surface area contributed by atoms with Crippen molar-refractivity contribution in [1.82, 2.24) is 10.2 Å². The number of aliphatic carboxylic acids is 1. The highest BCUT2D eigenvalue weighted by atomic mass is 79.9. The molecule has 3 N–H and O–H groups in total. The Kier molecular flexibility index (Phi) is 5.11. The van der Waals surface area contributed by atoms with Gasteiger partial charge in [0.15, 0.2) is 0 Å². The van der Waals surface area contributed by atoms with E-state index in [9.17, 15) is 9.59 Å². The van der Waals surface area contributed by atoms with E-state index in [0.29, 0.717) is 25.3 Å². The molecule has 7 heteroatoms. The summed E-state index contributed by atoms with van der Waals surface area (Å²) in [6.45, 7) is 1.67. The smallest absolute Gasteiger partial charge is 0.322 e. The van der Waals surface area contributed by atoms with Gasteiger partial charge in [-0.2, -0.15) is 0 Å². The van der Waals surface area contributed by atoms with E-state index in [2.05, 4.69) is 26.6 Å². The number of carbonyl (C=O) groups is 2. The molecule has 0 aromatic heterocycles. The molecule has 0 bridgehead atoms. The number of benzene rings is 1. The van der Waals surface area contributed by atoms with Gasteiger partial charge in [-0.15, -0.1) is 0 Å². The number of carbonyl (C=O) groups excluding carboxylic acids is 1. The zero-order chi connectivity index (χ0) is 14.5. The first-order valence-corrected chi connectivity index (χ1v) is 7.08. The first-order valence-electron chi connectivity index (χ1n) is 6.29. The van der Waals surface area contributed by atoms with Crippen LogP contribution in [0.3, 0.4) is 0 Å². The number of amides is 1. The Morgan fingerprint density at radius 1 is 1.50 bits per heavy atom. The van der Waals surface area contributed by atoms with E-state index in [-0.39, 0.29) is 12.5 Å². The van der Waals surface area contributed by atoms with Crippen molar-refractivity contribution in [2.75, 3.05) is 31.5 Å². The minimum atomic E-state index is -0.910. The van der Waals surface area contributed by atoms with E-state index in [0.717, 1.165) is 4.47 Å². The Bertz CT molecular complexity index is 509. The summed E-state index contributed by atoms with van der Waals surface area (Å²) >= 11 is 3.33. The standard InChI is InChI=1S/C13H16BrN3O3/c14-9-2-1-3-10(6-9)16-12(18)8-17-5-4-15-7-11(17)13(19)20/h1-3,6,11,15H,4-5,7-8H2,(H,16,18)(H,19,20). The molecular weight excluding hydrogens is 326 g/mol. The second-order valence-corrected chi connectivity index (χ2v) is 5.50. The maximum absolute atomic E-state index is 12.0. The van der Waals surface area contributed by atoms with Crippen LogP contribution in [0.1, 0.15) is 0 Å². The van der Waals surface area contributed by atoms with E-state index in [1.54, 1.807) is 17.0 Å². The Morgan fingerprint density at radius 2 is 2.30 bits per heavy atom. The highest BCUT2D eigenvalue weighted by molar-refractivity contribution is 9.10. The molecule has 2 rings (SSSR count). The van der Waals surface area contributed by atoms with Crippen LogP contribution in [0.2, 0.25) is 0 Å². The molecule has 1 saturated heterocycles. The molecular formula is C13H16BrN3O3. The van der Waals surface area contributed by atoms with Crippen molar-refractivity contribution in [3.8, 4) is 0 Å². The fourth-order valence-corrected chi connectivity index (χ4v) is 2.53. The Balaban J connectivity index is 1.94. The van der Waals surface area contributed by atoms with E-state index in [1.165, 1.54) is 0 Å². The van der Waals surface area contributed by atoms with E-state index < -0.39 is 12.0 Å². The van der Waals surface area contributed by atoms with Gasteiger partial charge in [-0.25, -0.2) is 0 Å². The van der Waals surface area contributed by atoms with Crippen LogP contribution >= 0.6 is 15.9 Å². The van der Waals surface area contributed by atoms with Crippen LogP contribution in [0.5, 0.6) is 0 Å². The largest absolute Gasteiger partial charge is 0.480 e. The fraction of sp³-hybridized carbons (Fsp3) is 0.385. The zero-order valence-electron chi connectivity index (χ0n) is 10.8. The first-order chi connectivity index (χ1) is 9.56. The predicted octanol–water partition coefficient (Wildman–Crippen LogP) is 0.746. The number of anilines is 1. The zero-order valence-corrected chi connectivity index (χ0v) is 12.4. The molecule has 108 valence electrons. The van der Waals surface area contributed by atoms with Gasteiger partial charge in [-0.3, -0.25) is 14.5 Å². The molecule has 1 atom stereocenters. The molecule has 1 aliphatic heterocycles. The van der Waals surface area contributed by atoms with Crippen LogP contribution in [-0.2, 0) is 9.59 Å². The number of carboxylic acid groups (broad SMARTS) is 1. The number of rotatable bonds is 4. The maximum Gasteiger partial charge on any atom is 0.322 e. The molecule has 1 unspecified atom stereocenters. The van der Waals surface area contributed by atoms with E-state index in [4.69, 9.17) is 5.11 Å². The van der Waals surface area contributed by atoms with Crippen molar-refractivity contribution in [2.45, 2.75) is 6.04 Å². The van der Waals surface area contributed by atoms with Gasteiger partial charge < -0.3 is 15.7 Å². The summed E-state index contributed by atoms with van der Waals surface area (Å²) in [5, 5.41) is 14.9. The predicted molar refractivity (Wildman–Crippen MR) is 78.6 cm³/mol. The van der Waals surface area contributed by atoms with Gasteiger partial charge in [-0.1, -0.05) is 22.0 Å². The van der Waals surface area contributed by atoms with Crippen molar-refractivity contribution in [3.63, 3.8) is 0 Å². The third-order valence-electron chi connectivity index (χ3n) is 3.09. The van der Waals surface area contributed by atoms with Crippen molar-refractivity contribution in [1.29, 1.82) is 0 Å². The van der Waals surface area contributed by atoms with Crippen LogP contribution in [0.15, 0.2) is 28.7 Å². The lowest BCUT2D eigenvalue weighted by atomic mass is 10.2. The van der Waals surface area contributed by atoms with Crippen LogP contribution in [-0.4, -0.2) is 54.1 Å². The minimum Gasteiger partial charge on any atom is -0.480 e. The Morgan fingerprint density at radius 3 is 3.00 bits per heavy atom. The van der Waals surface area contributed by atoms with E-state index >= 15 is 0 Å². The summed E-state index contributed by atoms with van der Waals surface area (Å²) in [5.74, 6) is -1.12. The topological polar surface area (TPSA) is 81.7 Å². The molecule has 1 amide bonds. The molecule has 1 heterocycles. The van der Waals surface area contributed by atoms with Gasteiger partial charge in [0.2, 0.25) is 5.91 Å². The number of halogens is 1. The van der Waals surface area contributed by atoms with Gasteiger partial charge in [0.1, 0.15) is 6.04 Å². The summed E-state index contributed by atoms with van der Waals surface area (Å²) in [6.07, 6.45) is 0. The van der Waals surface area contributed by atoms with E-state index in [1.807, 2.05) is 12.1 Å². The molecule has 0 radical (unpaired) electrons. The summed E-state index contributed by atoms with van der Waals surface area (Å²) in [6, 6.07) is 6.62. The maximum atomic E-state index is 12.0. The van der Waals surface area contributed by atoms with Crippen LogP contribution in [0, 0.1) is 0 Å². The highest BCUT2D eigenvalue weighted by Gasteiger charge is 2.29. The number of nitrogens with one attached hydrogen (secondary N) is 2. The number of nitrogens with zero attached hydrogens (tertiary/aromatic N) is 1. The summed E-state index contributed by atoms with van der Waals surface area (Å²) in [5.41, 5.74) is 0.686. The third-order valence-corrected chi connectivity index (χ3v) is 3.59. The summed E-state index contributed by atoms with van der Waals surface area (Å²) < 4.78 is 0.876. The molecule has 20 heavy (non-hydrogen) atoms. The SMILES string of the molecule is O=C(CN1CCNCC1C(=O)O)Nc1cccc(Br)c1. The third kappa shape index (κ3) is 4.03. The van der Waals surface area contributed by atoms with Gasteiger partial charge in [0, 0.05) is 29.8 Å². The number of carboxylic acids is 1. The Hall–Kier alpha value is -1.44. The second kappa shape index (κ2) is 6.83. The molecule has 0 aliphatic carbocycles. The minimum absolute atomic E-state index is 0.0746. The van der Waals surface area contributed by atoms with Gasteiger partial charge in [-0.05, 0) is 18.2 Å².